The zero-order valence-electron chi connectivity index (χ0n) is 14.8. The van der Waals surface area contributed by atoms with Gasteiger partial charge in [0.05, 0.1) is 22.6 Å². The van der Waals surface area contributed by atoms with Crippen LogP contribution in [0.15, 0.2) is 48.5 Å². The Morgan fingerprint density at radius 2 is 1.81 bits per heavy atom. The first-order chi connectivity index (χ1) is 12.6. The van der Waals surface area contributed by atoms with Crippen LogP contribution in [0.4, 0.5) is 10.1 Å². The minimum atomic E-state index is -0.275. The number of nitrogens with zero attached hydrogens (tertiary/aromatic N) is 1. The molecule has 1 saturated heterocycles. The molecule has 2 nitrogen and oxygen atoms in total. The van der Waals surface area contributed by atoms with Crippen molar-refractivity contribution in [2.75, 3.05) is 18.0 Å². The first-order valence-corrected chi connectivity index (χ1v) is 9.61. The maximum absolute atomic E-state index is 14.5. The van der Waals surface area contributed by atoms with Gasteiger partial charge in [0.25, 0.3) is 0 Å². The summed E-state index contributed by atoms with van der Waals surface area (Å²) in [6, 6.07) is 15.5. The molecule has 2 heterocycles. The summed E-state index contributed by atoms with van der Waals surface area (Å²) in [5, 5.41) is 1.17. The Balaban J connectivity index is 1.57. The number of thiophene rings is 1. The molecular weight excluding hydrogens is 345 g/mol. The number of morpholine rings is 1. The predicted molar refractivity (Wildman–Crippen MR) is 106 cm³/mol. The van der Waals surface area contributed by atoms with E-state index in [0.29, 0.717) is 5.56 Å². The second-order valence-corrected chi connectivity index (χ2v) is 7.81. The highest BCUT2D eigenvalue weighted by molar-refractivity contribution is 7.19. The van der Waals surface area contributed by atoms with Crippen LogP contribution in [-0.2, 0) is 4.74 Å². The van der Waals surface area contributed by atoms with Crippen molar-refractivity contribution in [1.29, 1.82) is 0 Å². The van der Waals surface area contributed by atoms with Gasteiger partial charge in [0.2, 0.25) is 0 Å². The first kappa shape index (κ1) is 17.1. The highest BCUT2D eigenvalue weighted by atomic mass is 32.1. The Morgan fingerprint density at radius 3 is 2.54 bits per heavy atom. The molecule has 0 spiro atoms. The number of fused-ring (bicyclic) bond motifs is 1. The smallest absolute Gasteiger partial charge is 0.140 e. The van der Waals surface area contributed by atoms with E-state index in [1.165, 1.54) is 10.1 Å². The quantitative estimate of drug-likeness (QED) is 0.559. The van der Waals surface area contributed by atoms with Crippen LogP contribution in [-0.4, -0.2) is 25.3 Å². The van der Waals surface area contributed by atoms with E-state index in [4.69, 9.17) is 4.74 Å². The van der Waals surface area contributed by atoms with Crippen LogP contribution in [0.3, 0.4) is 0 Å². The number of halogens is 1. The molecule has 2 atom stereocenters. The topological polar surface area (TPSA) is 12.5 Å². The van der Waals surface area contributed by atoms with Gasteiger partial charge in [-0.05, 0) is 49.6 Å². The van der Waals surface area contributed by atoms with Crippen molar-refractivity contribution in [1.82, 2.24) is 0 Å². The third-order valence-electron chi connectivity index (χ3n) is 4.48. The lowest BCUT2D eigenvalue weighted by Gasteiger charge is -2.36. The van der Waals surface area contributed by atoms with Gasteiger partial charge in [-0.3, -0.25) is 0 Å². The lowest BCUT2D eigenvalue weighted by Crippen LogP contribution is -2.45. The second-order valence-electron chi connectivity index (χ2n) is 6.72. The van der Waals surface area contributed by atoms with Crippen molar-refractivity contribution in [3.8, 4) is 11.8 Å². The van der Waals surface area contributed by atoms with Gasteiger partial charge in [0.15, 0.2) is 0 Å². The second kappa shape index (κ2) is 7.11. The molecule has 1 fully saturated rings. The molecule has 0 saturated carbocycles. The molecule has 4 rings (SSSR count). The minimum Gasteiger partial charge on any atom is -0.372 e. The van der Waals surface area contributed by atoms with Gasteiger partial charge in [0.1, 0.15) is 5.82 Å². The van der Waals surface area contributed by atoms with Crippen molar-refractivity contribution in [2.45, 2.75) is 26.1 Å². The molecule has 0 unspecified atom stereocenters. The molecular formula is C22H20FNOS. The Morgan fingerprint density at radius 1 is 1.04 bits per heavy atom. The summed E-state index contributed by atoms with van der Waals surface area (Å²) in [5.74, 6) is 5.80. The largest absolute Gasteiger partial charge is 0.372 e. The highest BCUT2D eigenvalue weighted by Crippen LogP contribution is 2.25. The van der Waals surface area contributed by atoms with Crippen LogP contribution in [0.1, 0.15) is 24.3 Å². The molecule has 0 aliphatic carbocycles. The van der Waals surface area contributed by atoms with E-state index in [1.54, 1.807) is 23.5 Å². The number of anilines is 1. The van der Waals surface area contributed by atoms with Crippen molar-refractivity contribution in [3.05, 3.63) is 64.8 Å². The first-order valence-electron chi connectivity index (χ1n) is 8.79. The van der Waals surface area contributed by atoms with Gasteiger partial charge in [-0.2, -0.15) is 0 Å². The van der Waals surface area contributed by atoms with Gasteiger partial charge in [-0.1, -0.05) is 30.0 Å². The van der Waals surface area contributed by atoms with Crippen molar-refractivity contribution in [2.24, 2.45) is 0 Å². The fourth-order valence-corrected chi connectivity index (χ4v) is 4.28. The standard InChI is InChI=1S/C22H20FNOS/c1-15-13-24(14-16(2)25-15)19-9-7-17(21(23)12-19)8-10-20-11-18-5-3-4-6-22(18)26-20/h3-7,9,11-12,15-16H,13-14H2,1-2H3/t15-,16+. The van der Waals surface area contributed by atoms with Crippen molar-refractivity contribution < 1.29 is 9.13 Å². The van der Waals surface area contributed by atoms with Gasteiger partial charge < -0.3 is 9.64 Å². The van der Waals surface area contributed by atoms with E-state index in [2.05, 4.69) is 34.9 Å². The van der Waals surface area contributed by atoms with Gasteiger partial charge >= 0.3 is 0 Å². The molecule has 0 bridgehead atoms. The summed E-state index contributed by atoms with van der Waals surface area (Å²) < 4.78 is 21.5. The zero-order chi connectivity index (χ0) is 18.1. The average molecular weight is 365 g/mol. The summed E-state index contributed by atoms with van der Waals surface area (Å²) in [7, 11) is 0. The van der Waals surface area contributed by atoms with E-state index in [0.717, 1.165) is 23.7 Å². The lowest BCUT2D eigenvalue weighted by molar-refractivity contribution is -0.00523. The Hall–Kier alpha value is -2.35. The summed E-state index contributed by atoms with van der Waals surface area (Å²) in [6.07, 6.45) is 0.295. The molecule has 0 amide bonds. The summed E-state index contributed by atoms with van der Waals surface area (Å²) in [4.78, 5) is 3.12. The normalized spacial score (nSPS) is 20.0. The van der Waals surface area contributed by atoms with Gasteiger partial charge in [-0.15, -0.1) is 11.3 Å². The fourth-order valence-electron chi connectivity index (χ4n) is 3.36. The fraction of sp³-hybridized carbons (Fsp3) is 0.273. The average Bonchev–Trinajstić information content (AvgIpc) is 3.02. The van der Waals surface area contributed by atoms with E-state index in [9.17, 15) is 4.39 Å². The third-order valence-corrected chi connectivity index (χ3v) is 5.51. The van der Waals surface area contributed by atoms with Crippen LogP contribution in [0.25, 0.3) is 10.1 Å². The highest BCUT2D eigenvalue weighted by Gasteiger charge is 2.22. The monoisotopic (exact) mass is 365 g/mol. The van der Waals surface area contributed by atoms with Crippen LogP contribution in [0, 0.1) is 17.7 Å². The number of benzene rings is 2. The SMILES string of the molecule is C[C@@H]1CN(c2ccc(C#Cc3cc4ccccc4s3)c(F)c2)C[C@H](C)O1. The summed E-state index contributed by atoms with van der Waals surface area (Å²) in [5.41, 5.74) is 1.32. The predicted octanol–water partition coefficient (Wildman–Crippen LogP) is 5.05. The molecule has 2 aromatic carbocycles. The lowest BCUT2D eigenvalue weighted by atomic mass is 10.1. The Kier molecular flexibility index (Phi) is 4.67. The summed E-state index contributed by atoms with van der Waals surface area (Å²) >= 11 is 1.63. The maximum atomic E-state index is 14.5. The van der Waals surface area contributed by atoms with Gasteiger partial charge in [-0.25, -0.2) is 4.39 Å². The van der Waals surface area contributed by atoms with Crippen molar-refractivity contribution >= 4 is 27.1 Å². The minimum absolute atomic E-state index is 0.147. The molecule has 0 N–H and O–H groups in total. The van der Waals surface area contributed by atoms with Crippen LogP contribution < -0.4 is 4.90 Å². The van der Waals surface area contributed by atoms with Crippen molar-refractivity contribution in [3.63, 3.8) is 0 Å². The maximum Gasteiger partial charge on any atom is 0.140 e. The van der Waals surface area contributed by atoms with E-state index >= 15 is 0 Å². The Bertz CT molecular complexity index is 957. The number of rotatable bonds is 1. The number of hydrogen-bond donors (Lipinski definition) is 0. The zero-order valence-corrected chi connectivity index (χ0v) is 15.6. The molecule has 132 valence electrons. The molecule has 1 aliphatic rings. The third kappa shape index (κ3) is 3.60. The van der Waals surface area contributed by atoms with E-state index in [-0.39, 0.29) is 18.0 Å². The van der Waals surface area contributed by atoms with Gasteiger partial charge in [0, 0.05) is 23.5 Å². The van der Waals surface area contributed by atoms with E-state index in [1.807, 2.05) is 32.0 Å². The number of ether oxygens (including phenoxy) is 1. The van der Waals surface area contributed by atoms with Crippen LogP contribution >= 0.6 is 11.3 Å². The molecule has 3 aromatic rings. The number of hydrogen-bond acceptors (Lipinski definition) is 3. The molecule has 26 heavy (non-hydrogen) atoms. The molecule has 0 radical (unpaired) electrons. The summed E-state index contributed by atoms with van der Waals surface area (Å²) in [6.45, 7) is 5.64. The molecule has 4 heteroatoms. The Labute approximate surface area is 157 Å². The molecule has 1 aromatic heterocycles. The van der Waals surface area contributed by atoms with Crippen LogP contribution in [0.5, 0.6) is 0 Å². The van der Waals surface area contributed by atoms with Crippen LogP contribution in [0.2, 0.25) is 0 Å². The van der Waals surface area contributed by atoms with E-state index < -0.39 is 0 Å². The molecule has 1 aliphatic heterocycles.